The summed E-state index contributed by atoms with van der Waals surface area (Å²) < 4.78 is 5.94. The third kappa shape index (κ3) is 5.24. The molecular weight excluding hydrogens is 583 g/mol. The van der Waals surface area contributed by atoms with Crippen molar-refractivity contribution in [1.29, 1.82) is 0 Å². The van der Waals surface area contributed by atoms with Gasteiger partial charge in [-0.15, -0.1) is 10.2 Å². The van der Waals surface area contributed by atoms with Gasteiger partial charge < -0.3 is 14.9 Å². The normalized spacial score (nSPS) is 16.3. The largest absolute Gasteiger partial charge is 0.507 e. The molecule has 43 heavy (non-hydrogen) atoms. The second-order valence-corrected chi connectivity index (χ2v) is 12.4. The molecule has 0 bridgehead atoms. The van der Waals surface area contributed by atoms with E-state index in [1.54, 1.807) is 18.2 Å². The van der Waals surface area contributed by atoms with Crippen molar-refractivity contribution in [2.24, 2.45) is 0 Å². The zero-order chi connectivity index (χ0) is 30.2. The summed E-state index contributed by atoms with van der Waals surface area (Å²) in [5.74, 6) is -1.24. The number of aryl methyl sites for hydroxylation is 2. The van der Waals surface area contributed by atoms with Gasteiger partial charge in [-0.3, -0.25) is 14.5 Å². The van der Waals surface area contributed by atoms with E-state index in [9.17, 15) is 19.8 Å². The molecule has 10 heteroatoms. The smallest absolute Gasteiger partial charge is 0.301 e. The van der Waals surface area contributed by atoms with Gasteiger partial charge in [0.25, 0.3) is 5.78 Å². The van der Waals surface area contributed by atoms with Gasteiger partial charge in [0.2, 0.25) is 5.13 Å². The van der Waals surface area contributed by atoms with Gasteiger partial charge in [0.1, 0.15) is 5.76 Å². The average Bonchev–Trinajstić information content (AvgIpc) is 3.58. The number of aliphatic hydroxyl groups excluding tert-OH is 1. The van der Waals surface area contributed by atoms with Crippen LogP contribution in [0.2, 0.25) is 0 Å². The second-order valence-electron chi connectivity index (χ2n) is 10.2. The number of amides is 1. The minimum absolute atomic E-state index is 0.0772. The number of phenols is 1. The summed E-state index contributed by atoms with van der Waals surface area (Å²) in [4.78, 5) is 28.5. The van der Waals surface area contributed by atoms with E-state index in [-0.39, 0.29) is 28.0 Å². The minimum Gasteiger partial charge on any atom is -0.507 e. The predicted octanol–water partition coefficient (Wildman–Crippen LogP) is 6.94. The quantitative estimate of drug-likeness (QED) is 0.0671. The van der Waals surface area contributed by atoms with Crippen LogP contribution < -0.4 is 9.64 Å². The summed E-state index contributed by atoms with van der Waals surface area (Å²) in [5, 5.41) is 33.0. The molecule has 6 rings (SSSR count). The Balaban J connectivity index is 1.41. The highest BCUT2D eigenvalue weighted by molar-refractivity contribution is 8.00. The van der Waals surface area contributed by atoms with Crippen molar-refractivity contribution in [2.45, 2.75) is 30.0 Å². The molecule has 2 heterocycles. The fraction of sp³-hybridized carbons (Fsp3) is 0.152. The van der Waals surface area contributed by atoms with E-state index >= 15 is 0 Å². The van der Waals surface area contributed by atoms with Gasteiger partial charge in [-0.2, -0.15) is 0 Å². The Morgan fingerprint density at radius 1 is 1.00 bits per heavy atom. The molecule has 5 aromatic rings. The highest BCUT2D eigenvalue weighted by atomic mass is 32.2. The van der Waals surface area contributed by atoms with Gasteiger partial charge >= 0.3 is 5.91 Å². The average molecular weight is 610 g/mol. The van der Waals surface area contributed by atoms with Gasteiger partial charge in [-0.25, -0.2) is 0 Å². The van der Waals surface area contributed by atoms with Gasteiger partial charge in [0.05, 0.1) is 18.7 Å². The third-order valence-corrected chi connectivity index (χ3v) is 9.55. The van der Waals surface area contributed by atoms with E-state index in [0.717, 1.165) is 27.5 Å². The van der Waals surface area contributed by atoms with E-state index < -0.39 is 17.7 Å². The molecule has 0 spiro atoms. The first kappa shape index (κ1) is 28.4. The highest BCUT2D eigenvalue weighted by Gasteiger charge is 2.48. The molecule has 1 saturated heterocycles. The van der Waals surface area contributed by atoms with E-state index in [1.165, 1.54) is 41.2 Å². The molecule has 1 aromatic heterocycles. The summed E-state index contributed by atoms with van der Waals surface area (Å²) in [5.41, 5.74) is 3.62. The maximum atomic E-state index is 13.6. The molecule has 1 amide bonds. The third-order valence-electron chi connectivity index (χ3n) is 7.45. The molecular formula is C33H27N3O5S2. The maximum Gasteiger partial charge on any atom is 0.301 e. The van der Waals surface area contributed by atoms with Crippen LogP contribution in [-0.2, 0) is 15.3 Å². The van der Waals surface area contributed by atoms with Crippen LogP contribution in [-0.4, -0.2) is 39.2 Å². The van der Waals surface area contributed by atoms with Crippen molar-refractivity contribution in [2.75, 3.05) is 12.0 Å². The Morgan fingerprint density at radius 2 is 1.79 bits per heavy atom. The molecule has 1 aliphatic heterocycles. The Morgan fingerprint density at radius 3 is 2.60 bits per heavy atom. The fourth-order valence-corrected chi connectivity index (χ4v) is 7.13. The Kier molecular flexibility index (Phi) is 7.64. The topological polar surface area (TPSA) is 113 Å². The number of hydrogen-bond donors (Lipinski definition) is 2. The molecule has 8 nitrogen and oxygen atoms in total. The fourth-order valence-electron chi connectivity index (χ4n) is 5.26. The Hall–Kier alpha value is -4.67. The standard InChI is InChI=1S/C33H27N3O5S2/c1-18-11-12-19(2)24(15-18)29(38)27-28(21-13-14-25(37)26(16-21)41-3)36(31(40)30(27)39)32-34-35-33(43-32)42-17-22-9-6-8-20-7-4-5-10-23(20)22/h4-16,28,37-38H,17H2,1-3H3. The van der Waals surface area contributed by atoms with E-state index in [1.807, 2.05) is 44.2 Å². The van der Waals surface area contributed by atoms with Crippen molar-refractivity contribution in [1.82, 2.24) is 10.2 Å². The number of carbonyl (C=O) groups excluding carboxylic acids is 2. The zero-order valence-corrected chi connectivity index (χ0v) is 25.2. The number of phenolic OH excluding ortho intramolecular Hbond substituents is 1. The number of fused-ring (bicyclic) bond motifs is 1. The summed E-state index contributed by atoms with van der Waals surface area (Å²) >= 11 is 2.69. The molecule has 4 aromatic carbocycles. The molecule has 2 N–H and O–H groups in total. The molecule has 1 atom stereocenters. The van der Waals surface area contributed by atoms with E-state index in [0.29, 0.717) is 21.2 Å². The van der Waals surface area contributed by atoms with Crippen molar-refractivity contribution in [3.05, 3.63) is 112 Å². The lowest BCUT2D eigenvalue weighted by Gasteiger charge is -2.23. The minimum atomic E-state index is -1.03. The van der Waals surface area contributed by atoms with Crippen LogP contribution in [0, 0.1) is 13.8 Å². The number of nitrogens with zero attached hydrogens (tertiary/aromatic N) is 3. The lowest BCUT2D eigenvalue weighted by Crippen LogP contribution is -2.29. The number of benzene rings is 4. The van der Waals surface area contributed by atoms with Gasteiger partial charge in [-0.05, 0) is 59.5 Å². The number of thioether (sulfide) groups is 1. The second kappa shape index (κ2) is 11.5. The number of hydrogen-bond acceptors (Lipinski definition) is 9. The van der Waals surface area contributed by atoms with Crippen molar-refractivity contribution in [3.8, 4) is 11.5 Å². The van der Waals surface area contributed by atoms with Gasteiger partial charge in [0.15, 0.2) is 15.8 Å². The number of Topliss-reactive ketones (excluding diaryl/α,β-unsaturated/α-hetero) is 1. The zero-order valence-electron chi connectivity index (χ0n) is 23.6. The maximum absolute atomic E-state index is 13.6. The van der Waals surface area contributed by atoms with Crippen LogP contribution in [0.5, 0.6) is 11.5 Å². The van der Waals surface area contributed by atoms with Crippen LogP contribution in [0.3, 0.4) is 0 Å². The first-order valence-corrected chi connectivity index (χ1v) is 15.3. The predicted molar refractivity (Wildman–Crippen MR) is 169 cm³/mol. The van der Waals surface area contributed by atoms with Crippen molar-refractivity contribution >= 4 is 56.5 Å². The lowest BCUT2D eigenvalue weighted by molar-refractivity contribution is -0.132. The number of ether oxygens (including phenoxy) is 1. The number of rotatable bonds is 7. The summed E-state index contributed by atoms with van der Waals surface area (Å²) in [6.45, 7) is 3.71. The van der Waals surface area contributed by atoms with E-state index in [4.69, 9.17) is 4.74 Å². The first-order valence-electron chi connectivity index (χ1n) is 13.4. The summed E-state index contributed by atoms with van der Waals surface area (Å²) in [6.07, 6.45) is 0. The molecule has 1 fully saturated rings. The van der Waals surface area contributed by atoms with Crippen LogP contribution in [0.1, 0.15) is 33.9 Å². The lowest BCUT2D eigenvalue weighted by atomic mass is 9.93. The monoisotopic (exact) mass is 609 g/mol. The Bertz CT molecular complexity index is 1930. The van der Waals surface area contributed by atoms with Gasteiger partial charge in [-0.1, -0.05) is 89.3 Å². The van der Waals surface area contributed by atoms with Crippen LogP contribution in [0.15, 0.2) is 88.8 Å². The molecule has 0 saturated carbocycles. The number of anilines is 1. The molecule has 216 valence electrons. The number of carbonyl (C=O) groups is 2. The molecule has 0 aliphatic carbocycles. The van der Waals surface area contributed by atoms with Crippen LogP contribution in [0.25, 0.3) is 16.5 Å². The summed E-state index contributed by atoms with van der Waals surface area (Å²) in [6, 6.07) is 23.4. The number of aromatic nitrogens is 2. The number of methoxy groups -OCH3 is 1. The SMILES string of the molecule is COc1cc(C2C(=C(O)c3cc(C)ccc3C)C(=O)C(=O)N2c2nnc(SCc3cccc4ccccc34)s2)ccc1O. The highest BCUT2D eigenvalue weighted by Crippen LogP contribution is 2.46. The molecule has 1 aliphatic rings. The van der Waals surface area contributed by atoms with Crippen molar-refractivity contribution < 1.29 is 24.5 Å². The van der Waals surface area contributed by atoms with Gasteiger partial charge in [0, 0.05) is 11.3 Å². The van der Waals surface area contributed by atoms with Crippen molar-refractivity contribution in [3.63, 3.8) is 0 Å². The Labute approximate surface area is 256 Å². The number of aromatic hydroxyl groups is 1. The first-order chi connectivity index (χ1) is 20.8. The van der Waals surface area contributed by atoms with Crippen LogP contribution in [0.4, 0.5) is 5.13 Å². The number of ketones is 1. The number of aliphatic hydroxyl groups is 1. The van der Waals surface area contributed by atoms with Crippen LogP contribution >= 0.6 is 23.1 Å². The molecule has 1 unspecified atom stereocenters. The molecule has 0 radical (unpaired) electrons. The van der Waals surface area contributed by atoms with E-state index in [2.05, 4.69) is 34.5 Å². The summed E-state index contributed by atoms with van der Waals surface area (Å²) in [7, 11) is 1.41.